The van der Waals surface area contributed by atoms with E-state index in [9.17, 15) is 14.7 Å². The molecule has 0 aromatic heterocycles. The van der Waals surface area contributed by atoms with Crippen molar-refractivity contribution in [1.29, 1.82) is 0 Å². The van der Waals surface area contributed by atoms with Crippen molar-refractivity contribution in [3.8, 4) is 0 Å². The summed E-state index contributed by atoms with van der Waals surface area (Å²) in [6.07, 6.45) is 4.03. The van der Waals surface area contributed by atoms with E-state index in [1.54, 1.807) is 0 Å². The molecule has 0 spiro atoms. The number of nitrogens with one attached hydrogen (secondary N) is 1. The first-order chi connectivity index (χ1) is 7.60. The summed E-state index contributed by atoms with van der Waals surface area (Å²) in [5.41, 5.74) is -1.04. The molecule has 0 aromatic rings. The molecule has 0 radical (unpaired) electrons. The number of carboxylic acids is 1. The molecule has 0 atom stereocenters. The summed E-state index contributed by atoms with van der Waals surface area (Å²) in [6, 6.07) is 0. The van der Waals surface area contributed by atoms with Crippen LogP contribution in [0.25, 0.3) is 0 Å². The van der Waals surface area contributed by atoms with Crippen molar-refractivity contribution in [3.05, 3.63) is 0 Å². The van der Waals surface area contributed by atoms with E-state index in [0.29, 0.717) is 19.4 Å². The molecule has 1 saturated carbocycles. The lowest BCUT2D eigenvalue weighted by atomic mass is 9.81. The van der Waals surface area contributed by atoms with E-state index < -0.39 is 11.5 Å². The lowest BCUT2D eigenvalue weighted by Crippen LogP contribution is -2.55. The van der Waals surface area contributed by atoms with Gasteiger partial charge in [-0.3, -0.25) is 4.79 Å². The first-order valence-corrected chi connectivity index (χ1v) is 5.64. The number of rotatable bonds is 5. The maximum absolute atomic E-state index is 11.5. The van der Waals surface area contributed by atoms with Gasteiger partial charge in [0.15, 0.2) is 0 Å². The number of aliphatic carboxylic acids is 1. The first kappa shape index (κ1) is 13.0. The van der Waals surface area contributed by atoms with E-state index in [0.717, 1.165) is 19.3 Å². The second-order valence-corrected chi connectivity index (χ2v) is 4.24. The van der Waals surface area contributed by atoms with Gasteiger partial charge in [-0.15, -0.1) is 0 Å². The molecule has 1 rings (SSSR count). The van der Waals surface area contributed by atoms with Crippen molar-refractivity contribution in [3.63, 3.8) is 0 Å². The molecule has 1 fully saturated rings. The molecule has 5 nitrogen and oxygen atoms in total. The van der Waals surface area contributed by atoms with Crippen molar-refractivity contribution >= 4 is 11.9 Å². The van der Waals surface area contributed by atoms with Gasteiger partial charge < -0.3 is 15.2 Å². The summed E-state index contributed by atoms with van der Waals surface area (Å²) in [7, 11) is 1.51. The van der Waals surface area contributed by atoms with Crippen LogP contribution in [0.2, 0.25) is 0 Å². The standard InChI is InChI=1S/C11H19NO4/c1-16-8-5-9(13)12-11(10(14)15)6-3-2-4-7-11/h2-8H2,1H3,(H,12,13)(H,14,15). The van der Waals surface area contributed by atoms with Crippen LogP contribution in [0.1, 0.15) is 38.5 Å². The second kappa shape index (κ2) is 5.84. The average Bonchev–Trinajstić information content (AvgIpc) is 2.27. The minimum atomic E-state index is -1.04. The molecule has 0 heterocycles. The zero-order valence-electron chi connectivity index (χ0n) is 9.62. The van der Waals surface area contributed by atoms with Crippen LogP contribution >= 0.6 is 0 Å². The van der Waals surface area contributed by atoms with E-state index in [1.165, 1.54) is 7.11 Å². The van der Waals surface area contributed by atoms with Crippen LogP contribution in [0.15, 0.2) is 0 Å². The summed E-state index contributed by atoms with van der Waals surface area (Å²) < 4.78 is 4.79. The van der Waals surface area contributed by atoms with Crippen molar-refractivity contribution < 1.29 is 19.4 Å². The number of methoxy groups -OCH3 is 1. The molecule has 5 heteroatoms. The van der Waals surface area contributed by atoms with E-state index in [4.69, 9.17) is 4.74 Å². The van der Waals surface area contributed by atoms with Gasteiger partial charge in [0.25, 0.3) is 0 Å². The zero-order chi connectivity index (χ0) is 12.0. The fourth-order valence-electron chi connectivity index (χ4n) is 2.07. The highest BCUT2D eigenvalue weighted by Gasteiger charge is 2.40. The van der Waals surface area contributed by atoms with Crippen LogP contribution in [0.4, 0.5) is 0 Å². The summed E-state index contributed by atoms with van der Waals surface area (Å²) >= 11 is 0. The second-order valence-electron chi connectivity index (χ2n) is 4.24. The average molecular weight is 229 g/mol. The highest BCUT2D eigenvalue weighted by Crippen LogP contribution is 2.28. The number of ether oxygens (including phenoxy) is 1. The van der Waals surface area contributed by atoms with Crippen LogP contribution < -0.4 is 5.32 Å². The molecule has 2 N–H and O–H groups in total. The Morgan fingerprint density at radius 2 is 1.94 bits per heavy atom. The molecule has 1 aliphatic rings. The fourth-order valence-corrected chi connectivity index (χ4v) is 2.07. The molecule has 1 aliphatic carbocycles. The molecule has 16 heavy (non-hydrogen) atoms. The molecular weight excluding hydrogens is 210 g/mol. The lowest BCUT2D eigenvalue weighted by Gasteiger charge is -2.33. The minimum absolute atomic E-state index is 0.214. The molecule has 1 amide bonds. The Morgan fingerprint density at radius 1 is 1.31 bits per heavy atom. The SMILES string of the molecule is COCCC(=O)NC1(C(=O)O)CCCCC1. The quantitative estimate of drug-likeness (QED) is 0.735. The summed E-state index contributed by atoms with van der Waals surface area (Å²) in [6.45, 7) is 0.321. The third kappa shape index (κ3) is 3.20. The van der Waals surface area contributed by atoms with E-state index in [1.807, 2.05) is 0 Å². The van der Waals surface area contributed by atoms with Crippen LogP contribution in [0.3, 0.4) is 0 Å². The maximum Gasteiger partial charge on any atom is 0.329 e. The van der Waals surface area contributed by atoms with Crippen molar-refractivity contribution in [2.45, 2.75) is 44.1 Å². The Hall–Kier alpha value is -1.10. The van der Waals surface area contributed by atoms with E-state index in [-0.39, 0.29) is 12.3 Å². The van der Waals surface area contributed by atoms with E-state index >= 15 is 0 Å². The molecular formula is C11H19NO4. The summed E-state index contributed by atoms with van der Waals surface area (Å²) in [4.78, 5) is 22.8. The van der Waals surface area contributed by atoms with Gasteiger partial charge in [0.2, 0.25) is 5.91 Å². The zero-order valence-corrected chi connectivity index (χ0v) is 9.62. The van der Waals surface area contributed by atoms with Crippen molar-refractivity contribution in [1.82, 2.24) is 5.32 Å². The van der Waals surface area contributed by atoms with Gasteiger partial charge in [-0.1, -0.05) is 19.3 Å². The van der Waals surface area contributed by atoms with Gasteiger partial charge in [0.1, 0.15) is 5.54 Å². The Kier molecular flexibility index (Phi) is 4.73. The number of hydrogen-bond acceptors (Lipinski definition) is 3. The third-order valence-corrected chi connectivity index (χ3v) is 3.03. The molecule has 0 saturated heterocycles. The highest BCUT2D eigenvalue weighted by molar-refractivity contribution is 5.87. The topological polar surface area (TPSA) is 75.6 Å². The largest absolute Gasteiger partial charge is 0.480 e. The third-order valence-electron chi connectivity index (χ3n) is 3.03. The number of carbonyl (C=O) groups is 2. The summed E-state index contributed by atoms with van der Waals surface area (Å²) in [5.74, 6) is -1.16. The van der Waals surface area contributed by atoms with Gasteiger partial charge >= 0.3 is 5.97 Å². The van der Waals surface area contributed by atoms with Crippen LogP contribution in [0.5, 0.6) is 0 Å². The number of carboxylic acid groups (broad SMARTS) is 1. The van der Waals surface area contributed by atoms with Crippen molar-refractivity contribution in [2.24, 2.45) is 0 Å². The fraction of sp³-hybridized carbons (Fsp3) is 0.818. The van der Waals surface area contributed by atoms with Gasteiger partial charge in [-0.05, 0) is 12.8 Å². The predicted octanol–water partition coefficient (Wildman–Crippen LogP) is 0.927. The Bertz CT molecular complexity index is 259. The number of amides is 1. The maximum atomic E-state index is 11.5. The van der Waals surface area contributed by atoms with Gasteiger partial charge in [-0.2, -0.15) is 0 Å². The van der Waals surface area contributed by atoms with Gasteiger partial charge in [0, 0.05) is 13.5 Å². The highest BCUT2D eigenvalue weighted by atomic mass is 16.5. The molecule has 0 aromatic carbocycles. The molecule has 0 bridgehead atoms. The number of hydrogen-bond donors (Lipinski definition) is 2. The smallest absolute Gasteiger partial charge is 0.329 e. The monoisotopic (exact) mass is 229 g/mol. The Balaban J connectivity index is 2.56. The van der Waals surface area contributed by atoms with Crippen LogP contribution in [-0.2, 0) is 14.3 Å². The Labute approximate surface area is 95.2 Å². The van der Waals surface area contributed by atoms with Crippen LogP contribution in [-0.4, -0.2) is 36.2 Å². The lowest BCUT2D eigenvalue weighted by molar-refractivity contribution is -0.149. The van der Waals surface area contributed by atoms with Crippen LogP contribution in [0, 0.1) is 0 Å². The normalized spacial score (nSPS) is 19.1. The van der Waals surface area contributed by atoms with E-state index in [2.05, 4.69) is 5.32 Å². The number of carbonyl (C=O) groups excluding carboxylic acids is 1. The Morgan fingerprint density at radius 3 is 2.44 bits per heavy atom. The van der Waals surface area contributed by atoms with Crippen molar-refractivity contribution in [2.75, 3.05) is 13.7 Å². The molecule has 0 aliphatic heterocycles. The van der Waals surface area contributed by atoms with Gasteiger partial charge in [-0.25, -0.2) is 4.79 Å². The molecule has 92 valence electrons. The minimum Gasteiger partial charge on any atom is -0.480 e. The van der Waals surface area contributed by atoms with Gasteiger partial charge in [0.05, 0.1) is 6.61 Å². The molecule has 0 unspecified atom stereocenters. The first-order valence-electron chi connectivity index (χ1n) is 5.64. The predicted molar refractivity (Wildman–Crippen MR) is 58.1 cm³/mol. The summed E-state index contributed by atoms with van der Waals surface area (Å²) in [5, 5.41) is 11.9.